The van der Waals surface area contributed by atoms with E-state index in [1.54, 1.807) is 0 Å². The number of hydrogen-bond donors (Lipinski definition) is 0. The van der Waals surface area contributed by atoms with Gasteiger partial charge in [-0.1, -0.05) is 0 Å². The standard InChI is InChI=1S/C16H24O4/c1-15(5-4-11-12(8-15)19-11)14(17)18-9-10-3-6-16(2)13(7-10)20-16/h10-13H,3-9H2,1-2H3. The van der Waals surface area contributed by atoms with Gasteiger partial charge in [0.05, 0.1) is 35.9 Å². The summed E-state index contributed by atoms with van der Waals surface area (Å²) >= 11 is 0. The molecule has 0 bridgehead atoms. The van der Waals surface area contributed by atoms with E-state index in [-0.39, 0.29) is 17.0 Å². The number of ether oxygens (including phenoxy) is 3. The number of esters is 1. The summed E-state index contributed by atoms with van der Waals surface area (Å²) in [5.74, 6) is 0.466. The van der Waals surface area contributed by atoms with E-state index in [0.717, 1.165) is 38.5 Å². The Bertz CT molecular complexity index is 436. The van der Waals surface area contributed by atoms with Crippen LogP contribution in [-0.2, 0) is 19.0 Å². The SMILES string of the molecule is CC1(C(=O)OCC2CCC3(C)OC3C2)CCC2OC2C1. The zero-order chi connectivity index (χ0) is 14.0. The second-order valence-corrected chi connectivity index (χ2v) is 7.67. The molecule has 0 spiro atoms. The quantitative estimate of drug-likeness (QED) is 0.588. The minimum atomic E-state index is -0.322. The van der Waals surface area contributed by atoms with E-state index in [1.807, 2.05) is 6.92 Å². The lowest BCUT2D eigenvalue weighted by Gasteiger charge is -2.30. The molecule has 0 aromatic heterocycles. The molecule has 0 aromatic carbocycles. The fourth-order valence-corrected chi connectivity index (χ4v) is 4.04. The maximum atomic E-state index is 12.4. The first-order valence-corrected chi connectivity index (χ1v) is 7.99. The van der Waals surface area contributed by atoms with Gasteiger partial charge in [-0.2, -0.15) is 0 Å². The largest absolute Gasteiger partial charge is 0.465 e. The first kappa shape index (κ1) is 13.1. The third kappa shape index (κ3) is 2.17. The molecule has 2 aliphatic heterocycles. The van der Waals surface area contributed by atoms with E-state index in [9.17, 15) is 4.79 Å². The van der Waals surface area contributed by atoms with E-state index in [0.29, 0.717) is 30.8 Å². The molecule has 6 unspecified atom stereocenters. The molecule has 4 heteroatoms. The highest BCUT2D eigenvalue weighted by atomic mass is 16.6. The van der Waals surface area contributed by atoms with Crippen molar-refractivity contribution in [3.8, 4) is 0 Å². The molecule has 0 N–H and O–H groups in total. The average Bonchev–Trinajstić information content (AvgIpc) is 3.29. The van der Waals surface area contributed by atoms with E-state index < -0.39 is 0 Å². The van der Waals surface area contributed by atoms with Gasteiger partial charge in [-0.3, -0.25) is 4.79 Å². The number of hydrogen-bond acceptors (Lipinski definition) is 4. The summed E-state index contributed by atoms with van der Waals surface area (Å²) in [7, 11) is 0. The Balaban J connectivity index is 1.27. The van der Waals surface area contributed by atoms with Gasteiger partial charge in [0, 0.05) is 0 Å². The molecule has 4 rings (SSSR count). The highest BCUT2D eigenvalue weighted by Gasteiger charge is 2.56. The van der Waals surface area contributed by atoms with Crippen LogP contribution in [0.2, 0.25) is 0 Å². The van der Waals surface area contributed by atoms with E-state index in [4.69, 9.17) is 14.2 Å². The summed E-state index contributed by atoms with van der Waals surface area (Å²) in [6, 6.07) is 0. The molecule has 2 saturated carbocycles. The van der Waals surface area contributed by atoms with Gasteiger partial charge in [0.15, 0.2) is 0 Å². The lowest BCUT2D eigenvalue weighted by molar-refractivity contribution is -0.158. The molecule has 4 fully saturated rings. The molecule has 0 radical (unpaired) electrons. The molecule has 2 saturated heterocycles. The number of carbonyl (C=O) groups excluding carboxylic acids is 1. The van der Waals surface area contributed by atoms with Crippen LogP contribution in [0.5, 0.6) is 0 Å². The molecule has 4 nitrogen and oxygen atoms in total. The van der Waals surface area contributed by atoms with Crippen LogP contribution in [0.15, 0.2) is 0 Å². The monoisotopic (exact) mass is 280 g/mol. The molecule has 0 aromatic rings. The second kappa shape index (κ2) is 4.20. The van der Waals surface area contributed by atoms with Crippen LogP contribution < -0.4 is 0 Å². The predicted octanol–water partition coefficient (Wildman–Crippen LogP) is 2.44. The first-order valence-electron chi connectivity index (χ1n) is 7.99. The topological polar surface area (TPSA) is 51.4 Å². The fraction of sp³-hybridized carbons (Fsp3) is 0.938. The number of fused-ring (bicyclic) bond motifs is 2. The Kier molecular flexibility index (Phi) is 2.75. The van der Waals surface area contributed by atoms with Crippen molar-refractivity contribution in [1.29, 1.82) is 0 Å². The zero-order valence-electron chi connectivity index (χ0n) is 12.4. The van der Waals surface area contributed by atoms with Crippen LogP contribution in [-0.4, -0.2) is 36.5 Å². The fourth-order valence-electron chi connectivity index (χ4n) is 4.04. The molecule has 2 aliphatic carbocycles. The smallest absolute Gasteiger partial charge is 0.311 e. The normalized spacial score (nSPS) is 52.7. The molecular weight excluding hydrogens is 256 g/mol. The van der Waals surface area contributed by atoms with Crippen molar-refractivity contribution in [2.75, 3.05) is 6.61 Å². The van der Waals surface area contributed by atoms with E-state index >= 15 is 0 Å². The molecule has 0 amide bonds. The van der Waals surface area contributed by atoms with Gasteiger partial charge in [0.1, 0.15) is 0 Å². The average molecular weight is 280 g/mol. The maximum Gasteiger partial charge on any atom is 0.311 e. The molecule has 6 atom stereocenters. The predicted molar refractivity (Wildman–Crippen MR) is 72.2 cm³/mol. The Hall–Kier alpha value is -0.610. The molecule has 4 aliphatic rings. The molecule has 112 valence electrons. The summed E-state index contributed by atoms with van der Waals surface area (Å²) in [5, 5.41) is 0. The number of rotatable bonds is 3. The summed E-state index contributed by atoms with van der Waals surface area (Å²) in [4.78, 5) is 12.4. The van der Waals surface area contributed by atoms with Crippen molar-refractivity contribution in [2.45, 2.75) is 76.3 Å². The second-order valence-electron chi connectivity index (χ2n) is 7.67. The van der Waals surface area contributed by atoms with Gasteiger partial charge in [0.2, 0.25) is 0 Å². The van der Waals surface area contributed by atoms with Crippen molar-refractivity contribution >= 4 is 5.97 Å². The van der Waals surface area contributed by atoms with Gasteiger partial charge < -0.3 is 14.2 Å². The molecular formula is C16H24O4. The van der Waals surface area contributed by atoms with Crippen LogP contribution >= 0.6 is 0 Å². The lowest BCUT2D eigenvalue weighted by Crippen LogP contribution is -2.36. The van der Waals surface area contributed by atoms with Gasteiger partial charge in [-0.05, 0) is 58.3 Å². The Morgan fingerprint density at radius 2 is 2.10 bits per heavy atom. The summed E-state index contributed by atoms with van der Waals surface area (Å²) in [6.07, 6.45) is 7.18. The number of epoxide rings is 2. The van der Waals surface area contributed by atoms with Gasteiger partial charge in [-0.15, -0.1) is 0 Å². The van der Waals surface area contributed by atoms with Crippen LogP contribution in [0.25, 0.3) is 0 Å². The van der Waals surface area contributed by atoms with Gasteiger partial charge in [0.25, 0.3) is 0 Å². The van der Waals surface area contributed by atoms with Crippen molar-refractivity contribution in [2.24, 2.45) is 11.3 Å². The highest BCUT2D eigenvalue weighted by molar-refractivity contribution is 5.76. The van der Waals surface area contributed by atoms with Crippen LogP contribution in [0.4, 0.5) is 0 Å². The lowest BCUT2D eigenvalue weighted by atomic mass is 9.76. The van der Waals surface area contributed by atoms with E-state index in [1.165, 1.54) is 0 Å². The Morgan fingerprint density at radius 3 is 2.85 bits per heavy atom. The van der Waals surface area contributed by atoms with Crippen LogP contribution in [0, 0.1) is 11.3 Å². The minimum absolute atomic E-state index is 0.0171. The summed E-state index contributed by atoms with van der Waals surface area (Å²) < 4.78 is 16.9. The maximum absolute atomic E-state index is 12.4. The van der Waals surface area contributed by atoms with Crippen LogP contribution in [0.1, 0.15) is 52.4 Å². The molecule has 2 heterocycles. The van der Waals surface area contributed by atoms with Gasteiger partial charge in [-0.25, -0.2) is 0 Å². The third-order valence-corrected chi connectivity index (χ3v) is 5.89. The van der Waals surface area contributed by atoms with Crippen molar-refractivity contribution < 1.29 is 19.0 Å². The highest BCUT2D eigenvalue weighted by Crippen LogP contribution is 2.50. The van der Waals surface area contributed by atoms with Crippen molar-refractivity contribution in [3.05, 3.63) is 0 Å². The van der Waals surface area contributed by atoms with Crippen molar-refractivity contribution in [3.63, 3.8) is 0 Å². The minimum Gasteiger partial charge on any atom is -0.465 e. The summed E-state index contributed by atoms with van der Waals surface area (Å²) in [5.41, 5.74) is -0.175. The third-order valence-electron chi connectivity index (χ3n) is 5.89. The van der Waals surface area contributed by atoms with Crippen LogP contribution in [0.3, 0.4) is 0 Å². The van der Waals surface area contributed by atoms with E-state index in [2.05, 4.69) is 6.92 Å². The van der Waals surface area contributed by atoms with Gasteiger partial charge >= 0.3 is 5.97 Å². The van der Waals surface area contributed by atoms with Crippen molar-refractivity contribution in [1.82, 2.24) is 0 Å². The Morgan fingerprint density at radius 1 is 1.25 bits per heavy atom. The zero-order valence-corrected chi connectivity index (χ0v) is 12.4. The number of carbonyl (C=O) groups is 1. The summed E-state index contributed by atoms with van der Waals surface area (Å²) in [6.45, 7) is 4.80. The Labute approximate surface area is 120 Å². The molecule has 20 heavy (non-hydrogen) atoms. The first-order chi connectivity index (χ1) is 9.48.